The maximum absolute atomic E-state index is 11.8. The lowest BCUT2D eigenvalue weighted by Crippen LogP contribution is -2.28. The molecule has 20 heavy (non-hydrogen) atoms. The van der Waals surface area contributed by atoms with Crippen LogP contribution >= 0.6 is 15.9 Å². The van der Waals surface area contributed by atoms with Gasteiger partial charge in [0.05, 0.1) is 0 Å². The monoisotopic (exact) mass is 339 g/mol. The summed E-state index contributed by atoms with van der Waals surface area (Å²) in [5.74, 6) is 0. The van der Waals surface area contributed by atoms with Crippen LogP contribution in [0.4, 0.5) is 10.5 Å². The van der Waals surface area contributed by atoms with E-state index in [0.29, 0.717) is 11.0 Å². The minimum atomic E-state index is -0.695. The van der Waals surface area contributed by atoms with Gasteiger partial charge in [-0.15, -0.1) is 0 Å². The number of hydrogen-bond donors (Lipinski definition) is 1. The number of hydrogen-bond acceptors (Lipinski definition) is 4. The number of rotatable bonds is 1. The molecule has 0 radical (unpaired) electrons. The summed E-state index contributed by atoms with van der Waals surface area (Å²) >= 11 is 3.33. The van der Waals surface area contributed by atoms with Crippen molar-refractivity contribution < 1.29 is 13.9 Å². The highest BCUT2D eigenvalue weighted by Crippen LogP contribution is 2.21. The molecule has 0 aliphatic heterocycles. The van der Waals surface area contributed by atoms with Crippen molar-refractivity contribution in [2.75, 3.05) is 5.32 Å². The SMILES string of the molecule is CC(C)(C)OC(=O)Nc1cc2cc(Br)ccc2oc1=O. The van der Waals surface area contributed by atoms with Gasteiger partial charge in [0.2, 0.25) is 0 Å². The first-order chi connectivity index (χ1) is 9.24. The van der Waals surface area contributed by atoms with Crippen LogP contribution in [0.25, 0.3) is 11.0 Å². The van der Waals surface area contributed by atoms with E-state index in [0.717, 1.165) is 4.47 Å². The Hall–Kier alpha value is -1.82. The van der Waals surface area contributed by atoms with Crippen molar-refractivity contribution in [3.8, 4) is 0 Å². The van der Waals surface area contributed by atoms with E-state index in [9.17, 15) is 9.59 Å². The molecule has 0 aliphatic rings. The lowest BCUT2D eigenvalue weighted by atomic mass is 10.2. The summed E-state index contributed by atoms with van der Waals surface area (Å²) in [6, 6.07) is 6.79. The van der Waals surface area contributed by atoms with Crippen LogP contribution in [0.2, 0.25) is 0 Å². The number of anilines is 1. The van der Waals surface area contributed by atoms with Crippen LogP contribution in [0.1, 0.15) is 20.8 Å². The molecule has 1 aromatic carbocycles. The molecular formula is C14H14BrNO4. The Labute approximate surface area is 124 Å². The van der Waals surface area contributed by atoms with Crippen molar-refractivity contribution in [1.82, 2.24) is 0 Å². The summed E-state index contributed by atoms with van der Waals surface area (Å²) in [7, 11) is 0. The molecule has 6 heteroatoms. The number of amides is 1. The van der Waals surface area contributed by atoms with E-state index >= 15 is 0 Å². The van der Waals surface area contributed by atoms with Gasteiger partial charge >= 0.3 is 11.7 Å². The largest absolute Gasteiger partial charge is 0.444 e. The molecule has 0 aliphatic carbocycles. The van der Waals surface area contributed by atoms with E-state index in [1.54, 1.807) is 45.0 Å². The zero-order chi connectivity index (χ0) is 14.9. The molecule has 2 aromatic rings. The Bertz CT molecular complexity index is 715. The molecule has 0 fully saturated rings. The summed E-state index contributed by atoms with van der Waals surface area (Å²) in [6.07, 6.45) is -0.695. The van der Waals surface area contributed by atoms with Crippen LogP contribution in [0, 0.1) is 0 Å². The smallest absolute Gasteiger partial charge is 0.412 e. The average molecular weight is 340 g/mol. The highest BCUT2D eigenvalue weighted by atomic mass is 79.9. The molecule has 0 spiro atoms. The first kappa shape index (κ1) is 14.6. The molecule has 0 unspecified atom stereocenters. The van der Waals surface area contributed by atoms with Crippen molar-refractivity contribution in [2.45, 2.75) is 26.4 Å². The maximum atomic E-state index is 11.8. The van der Waals surface area contributed by atoms with E-state index in [4.69, 9.17) is 9.15 Å². The summed E-state index contributed by atoms with van der Waals surface area (Å²) in [4.78, 5) is 23.4. The topological polar surface area (TPSA) is 68.5 Å². The lowest BCUT2D eigenvalue weighted by molar-refractivity contribution is 0.0635. The molecule has 5 nitrogen and oxygen atoms in total. The minimum Gasteiger partial charge on any atom is -0.444 e. The van der Waals surface area contributed by atoms with Gasteiger partial charge in [0, 0.05) is 9.86 Å². The molecule has 1 heterocycles. The number of benzene rings is 1. The number of carbonyl (C=O) groups is 1. The Morgan fingerprint density at radius 3 is 2.65 bits per heavy atom. The van der Waals surface area contributed by atoms with Gasteiger partial charge < -0.3 is 9.15 Å². The van der Waals surface area contributed by atoms with Crippen LogP contribution in [-0.2, 0) is 4.74 Å². The average Bonchev–Trinajstić information content (AvgIpc) is 2.28. The highest BCUT2D eigenvalue weighted by molar-refractivity contribution is 9.10. The molecule has 0 saturated carbocycles. The fourth-order valence-corrected chi connectivity index (χ4v) is 1.97. The van der Waals surface area contributed by atoms with Crippen LogP contribution in [0.3, 0.4) is 0 Å². The third-order valence-electron chi connectivity index (χ3n) is 2.33. The summed E-state index contributed by atoms with van der Waals surface area (Å²) in [5, 5.41) is 3.09. The minimum absolute atomic E-state index is 0.0462. The Balaban J connectivity index is 2.32. The fraction of sp³-hybridized carbons (Fsp3) is 0.286. The predicted molar refractivity (Wildman–Crippen MR) is 80.0 cm³/mol. The summed E-state index contributed by atoms with van der Waals surface area (Å²) < 4.78 is 11.1. The van der Waals surface area contributed by atoms with Gasteiger partial charge in [-0.3, -0.25) is 5.32 Å². The van der Waals surface area contributed by atoms with Crippen molar-refractivity contribution in [3.05, 3.63) is 39.2 Å². The Morgan fingerprint density at radius 2 is 2.00 bits per heavy atom. The van der Waals surface area contributed by atoms with Crippen molar-refractivity contribution in [3.63, 3.8) is 0 Å². The predicted octanol–water partition coefficient (Wildman–Crippen LogP) is 3.90. The molecular weight excluding hydrogens is 326 g/mol. The van der Waals surface area contributed by atoms with Gasteiger partial charge in [0.15, 0.2) is 0 Å². The van der Waals surface area contributed by atoms with E-state index < -0.39 is 17.3 Å². The van der Waals surface area contributed by atoms with E-state index in [1.807, 2.05) is 0 Å². The molecule has 0 atom stereocenters. The zero-order valence-electron chi connectivity index (χ0n) is 11.3. The van der Waals surface area contributed by atoms with Crippen LogP contribution in [0.15, 0.2) is 37.9 Å². The van der Waals surface area contributed by atoms with Gasteiger partial charge in [-0.2, -0.15) is 0 Å². The third-order valence-corrected chi connectivity index (χ3v) is 2.82. The number of ether oxygens (including phenoxy) is 1. The molecule has 2 rings (SSSR count). The lowest BCUT2D eigenvalue weighted by Gasteiger charge is -2.19. The van der Waals surface area contributed by atoms with E-state index in [2.05, 4.69) is 21.2 Å². The normalized spacial score (nSPS) is 11.4. The van der Waals surface area contributed by atoms with Crippen LogP contribution in [-0.4, -0.2) is 11.7 Å². The van der Waals surface area contributed by atoms with E-state index in [-0.39, 0.29) is 5.69 Å². The number of carbonyl (C=O) groups excluding carboxylic acids is 1. The number of halogens is 1. The molecule has 1 amide bonds. The van der Waals surface area contributed by atoms with Crippen molar-refractivity contribution in [1.29, 1.82) is 0 Å². The zero-order valence-corrected chi connectivity index (χ0v) is 12.9. The fourth-order valence-electron chi connectivity index (χ4n) is 1.60. The van der Waals surface area contributed by atoms with Gasteiger partial charge in [-0.1, -0.05) is 15.9 Å². The molecule has 0 bridgehead atoms. The second-order valence-corrected chi connectivity index (χ2v) is 6.17. The van der Waals surface area contributed by atoms with Gasteiger partial charge in [0.1, 0.15) is 16.9 Å². The second-order valence-electron chi connectivity index (χ2n) is 5.26. The highest BCUT2D eigenvalue weighted by Gasteiger charge is 2.17. The molecule has 1 aromatic heterocycles. The Morgan fingerprint density at radius 1 is 1.30 bits per heavy atom. The summed E-state index contributed by atoms with van der Waals surface area (Å²) in [5.41, 5.74) is -0.757. The molecule has 106 valence electrons. The third kappa shape index (κ3) is 3.60. The second kappa shape index (κ2) is 5.28. The first-order valence-corrected chi connectivity index (χ1v) is 6.77. The Kier molecular flexibility index (Phi) is 3.85. The first-order valence-electron chi connectivity index (χ1n) is 5.98. The summed E-state index contributed by atoms with van der Waals surface area (Å²) in [6.45, 7) is 5.23. The number of nitrogens with one attached hydrogen (secondary N) is 1. The molecule has 1 N–H and O–H groups in total. The van der Waals surface area contributed by atoms with Crippen LogP contribution in [0.5, 0.6) is 0 Å². The van der Waals surface area contributed by atoms with Crippen molar-refractivity contribution in [2.24, 2.45) is 0 Å². The standard InChI is InChI=1S/C14H14BrNO4/c1-14(2,3)20-13(18)16-10-7-8-6-9(15)4-5-11(8)19-12(10)17/h4-7H,1-3H3,(H,16,18). The van der Waals surface area contributed by atoms with Gasteiger partial charge in [-0.05, 0) is 45.0 Å². The van der Waals surface area contributed by atoms with Crippen molar-refractivity contribution >= 4 is 38.7 Å². The quantitative estimate of drug-likeness (QED) is 0.800. The maximum Gasteiger partial charge on any atom is 0.412 e. The van der Waals surface area contributed by atoms with Gasteiger partial charge in [-0.25, -0.2) is 9.59 Å². The molecule has 0 saturated heterocycles. The van der Waals surface area contributed by atoms with Crippen LogP contribution < -0.4 is 10.9 Å². The van der Waals surface area contributed by atoms with E-state index in [1.165, 1.54) is 0 Å². The number of fused-ring (bicyclic) bond motifs is 1. The van der Waals surface area contributed by atoms with Gasteiger partial charge in [0.25, 0.3) is 0 Å².